The number of alkyl halides is 1. The van der Waals surface area contributed by atoms with Gasteiger partial charge in [-0.15, -0.1) is 11.6 Å². The predicted molar refractivity (Wildman–Crippen MR) is 52.6 cm³/mol. The highest BCUT2D eigenvalue weighted by Gasteiger charge is 2.06. The van der Waals surface area contributed by atoms with Gasteiger partial charge in [0.1, 0.15) is 6.29 Å². The van der Waals surface area contributed by atoms with E-state index in [1.54, 1.807) is 0 Å². The number of hydrogen-bond donors (Lipinski definition) is 0. The lowest BCUT2D eigenvalue weighted by atomic mass is 10.1. The van der Waals surface area contributed by atoms with Crippen molar-refractivity contribution in [2.45, 2.75) is 37.4 Å². The molecule has 13 heavy (non-hydrogen) atoms. The van der Waals surface area contributed by atoms with Crippen LogP contribution in [0.3, 0.4) is 0 Å². The van der Waals surface area contributed by atoms with Gasteiger partial charge >= 0.3 is 0 Å². The van der Waals surface area contributed by atoms with Crippen LogP contribution in [-0.4, -0.2) is 26.2 Å². The molecule has 0 aliphatic rings. The molecule has 0 fully saturated rings. The molecule has 0 N–H and O–H groups in total. The smallest absolute Gasteiger partial charge is 0.119 e. The first kappa shape index (κ1) is 13.1. The van der Waals surface area contributed by atoms with Crippen LogP contribution in [0, 0.1) is 0 Å². The van der Waals surface area contributed by atoms with Crippen molar-refractivity contribution in [2.24, 2.45) is 0 Å². The highest BCUT2D eigenvalue weighted by Crippen LogP contribution is 2.10. The molecule has 78 valence electrons. The van der Waals surface area contributed by atoms with Crippen LogP contribution in [0.2, 0.25) is 0 Å². The summed E-state index contributed by atoms with van der Waals surface area (Å²) in [5, 5.41) is -0.433. The first-order valence-electron chi connectivity index (χ1n) is 4.30. The van der Waals surface area contributed by atoms with Gasteiger partial charge in [0.25, 0.3) is 0 Å². The molecular weight excluding hydrogens is 212 g/mol. The fourth-order valence-electron chi connectivity index (χ4n) is 1.00. The maximum Gasteiger partial charge on any atom is 0.119 e. The normalized spacial score (nSPS) is 15.2. The van der Waals surface area contributed by atoms with Crippen LogP contribution in [-0.2, 0) is 15.9 Å². The Kier molecular flexibility index (Phi) is 8.71. The number of hydrogen-bond acceptors (Lipinski definition) is 3. The van der Waals surface area contributed by atoms with Gasteiger partial charge in [0, 0.05) is 17.6 Å². The number of carbonyl (C=O) groups excluding carboxylic acids is 1. The van der Waals surface area contributed by atoms with E-state index in [0.717, 1.165) is 25.5 Å². The van der Waals surface area contributed by atoms with E-state index >= 15 is 0 Å². The lowest BCUT2D eigenvalue weighted by Gasteiger charge is -2.16. The van der Waals surface area contributed by atoms with Crippen molar-refractivity contribution < 1.29 is 13.6 Å². The van der Waals surface area contributed by atoms with E-state index in [2.05, 4.69) is 0 Å². The minimum absolute atomic E-state index is 0.157. The molecule has 2 unspecified atom stereocenters. The summed E-state index contributed by atoms with van der Waals surface area (Å²) in [6.45, 7) is 0. The second kappa shape index (κ2) is 8.66. The summed E-state index contributed by atoms with van der Waals surface area (Å²) < 4.78 is 21.0. The van der Waals surface area contributed by atoms with Gasteiger partial charge < -0.3 is 9.35 Å². The molecule has 0 radical (unpaired) electrons. The number of unbranched alkanes of at least 4 members (excludes halogenated alkanes) is 3. The van der Waals surface area contributed by atoms with E-state index in [4.69, 9.17) is 11.6 Å². The average molecular weight is 226 g/mol. The number of rotatable bonds is 8. The van der Waals surface area contributed by atoms with E-state index in [9.17, 15) is 13.6 Å². The van der Waals surface area contributed by atoms with Crippen LogP contribution in [0.25, 0.3) is 0 Å². The second-order valence-corrected chi connectivity index (χ2v) is 4.34. The quantitative estimate of drug-likeness (QED) is 0.273. The number of halogens is 1. The van der Waals surface area contributed by atoms with Crippen molar-refractivity contribution in [3.8, 4) is 0 Å². The zero-order valence-corrected chi connectivity index (χ0v) is 8.98. The van der Waals surface area contributed by atoms with Gasteiger partial charge in [0.05, 0.1) is 0 Å². The van der Waals surface area contributed by atoms with Crippen molar-refractivity contribution in [3.63, 3.8) is 0 Å². The molecular formula is C8H14ClO3S-. The van der Waals surface area contributed by atoms with Crippen LogP contribution in [0.4, 0.5) is 0 Å². The fourth-order valence-corrected chi connectivity index (χ4v) is 1.93. The molecule has 3 nitrogen and oxygen atoms in total. The van der Waals surface area contributed by atoms with Crippen LogP contribution >= 0.6 is 11.6 Å². The Balaban J connectivity index is 3.38. The number of carbonyl (C=O) groups is 1. The Morgan fingerprint density at radius 3 is 2.54 bits per heavy atom. The predicted octanol–water partition coefficient (Wildman–Crippen LogP) is 1.62. The zero-order valence-electron chi connectivity index (χ0n) is 7.41. The van der Waals surface area contributed by atoms with E-state index in [1.807, 2.05) is 0 Å². The van der Waals surface area contributed by atoms with Crippen molar-refractivity contribution in [2.75, 3.05) is 5.88 Å². The number of aldehydes is 1. The van der Waals surface area contributed by atoms with Crippen LogP contribution in [0.5, 0.6) is 0 Å². The summed E-state index contributed by atoms with van der Waals surface area (Å²) in [7, 11) is 0. The van der Waals surface area contributed by atoms with E-state index in [1.165, 1.54) is 0 Å². The van der Waals surface area contributed by atoms with Crippen molar-refractivity contribution in [1.29, 1.82) is 0 Å². The van der Waals surface area contributed by atoms with Gasteiger partial charge in [-0.2, -0.15) is 0 Å². The summed E-state index contributed by atoms with van der Waals surface area (Å²) in [6, 6.07) is 0. The third-order valence-electron chi connectivity index (χ3n) is 1.79. The Bertz CT molecular complexity index is 163. The molecule has 5 heteroatoms. The molecule has 0 rings (SSSR count). The lowest BCUT2D eigenvalue weighted by molar-refractivity contribution is -0.107. The molecule has 2 atom stereocenters. The Hall–Kier alpha value is 0.0700. The van der Waals surface area contributed by atoms with E-state index in [0.29, 0.717) is 12.8 Å². The van der Waals surface area contributed by atoms with Crippen molar-refractivity contribution >= 4 is 29.0 Å². The topological polar surface area (TPSA) is 57.2 Å². The van der Waals surface area contributed by atoms with Gasteiger partial charge in [-0.05, 0) is 12.8 Å². The first-order chi connectivity index (χ1) is 6.22. The standard InChI is InChI=1S/C8H15ClO3S/c9-7-8(13(11)12)5-3-1-2-4-6-10/h6,8H,1-5,7H2,(H,11,12)/p-1. The summed E-state index contributed by atoms with van der Waals surface area (Å²) in [5.74, 6) is 0.157. The summed E-state index contributed by atoms with van der Waals surface area (Å²) in [4.78, 5) is 9.95. The van der Waals surface area contributed by atoms with Crippen molar-refractivity contribution in [1.82, 2.24) is 0 Å². The average Bonchev–Trinajstić information content (AvgIpc) is 2.10. The molecule has 0 aromatic rings. The molecule has 0 aliphatic carbocycles. The highest BCUT2D eigenvalue weighted by molar-refractivity contribution is 7.79. The third kappa shape index (κ3) is 7.16. The van der Waals surface area contributed by atoms with Gasteiger partial charge in [-0.3, -0.25) is 4.21 Å². The summed E-state index contributed by atoms with van der Waals surface area (Å²) >= 11 is 3.39. The molecule has 0 aromatic heterocycles. The van der Waals surface area contributed by atoms with Gasteiger partial charge in [-0.1, -0.05) is 23.9 Å². The molecule has 0 aromatic carbocycles. The Morgan fingerprint density at radius 1 is 1.38 bits per heavy atom. The Morgan fingerprint density at radius 2 is 2.08 bits per heavy atom. The maximum absolute atomic E-state index is 10.5. The van der Waals surface area contributed by atoms with E-state index < -0.39 is 16.3 Å². The van der Waals surface area contributed by atoms with Crippen LogP contribution < -0.4 is 0 Å². The zero-order chi connectivity index (χ0) is 10.1. The Labute approximate surface area is 86.1 Å². The van der Waals surface area contributed by atoms with Gasteiger partial charge in [0.15, 0.2) is 0 Å². The fraction of sp³-hybridized carbons (Fsp3) is 0.875. The van der Waals surface area contributed by atoms with Crippen LogP contribution in [0.1, 0.15) is 32.1 Å². The monoisotopic (exact) mass is 225 g/mol. The first-order valence-corrected chi connectivity index (χ1v) is 5.97. The van der Waals surface area contributed by atoms with Crippen molar-refractivity contribution in [3.05, 3.63) is 0 Å². The maximum atomic E-state index is 10.5. The SMILES string of the molecule is O=CCCCCCC(CCl)S(=O)[O-]. The van der Waals surface area contributed by atoms with Crippen LogP contribution in [0.15, 0.2) is 0 Å². The second-order valence-electron chi connectivity index (χ2n) is 2.84. The molecule has 0 spiro atoms. The molecule has 0 aliphatic heterocycles. The third-order valence-corrected chi connectivity index (χ3v) is 3.29. The lowest BCUT2D eigenvalue weighted by Crippen LogP contribution is -2.16. The summed E-state index contributed by atoms with van der Waals surface area (Å²) in [5.41, 5.74) is 0. The summed E-state index contributed by atoms with van der Waals surface area (Å²) in [6.07, 6.45) is 4.59. The minimum Gasteiger partial charge on any atom is -0.772 e. The van der Waals surface area contributed by atoms with Gasteiger partial charge in [-0.25, -0.2) is 0 Å². The molecule has 0 bridgehead atoms. The molecule has 0 heterocycles. The molecule has 0 saturated carbocycles. The molecule has 0 saturated heterocycles. The van der Waals surface area contributed by atoms with E-state index in [-0.39, 0.29) is 5.88 Å². The van der Waals surface area contributed by atoms with Gasteiger partial charge in [0.2, 0.25) is 0 Å². The minimum atomic E-state index is -2.06. The largest absolute Gasteiger partial charge is 0.772 e. The molecule has 0 amide bonds. The highest BCUT2D eigenvalue weighted by atomic mass is 35.5.